The summed E-state index contributed by atoms with van der Waals surface area (Å²) in [5.41, 5.74) is 1.42. The van der Waals surface area contributed by atoms with E-state index in [1.165, 1.54) is 10.6 Å². The van der Waals surface area contributed by atoms with E-state index in [0.29, 0.717) is 18.0 Å². The van der Waals surface area contributed by atoms with Gasteiger partial charge in [0.2, 0.25) is 10.0 Å². The monoisotopic (exact) mass is 418 g/mol. The number of amides is 1. The maximum absolute atomic E-state index is 12.2. The highest BCUT2D eigenvalue weighted by molar-refractivity contribution is 7.92. The normalized spacial score (nSPS) is 16.4. The number of rotatable bonds is 9. The van der Waals surface area contributed by atoms with Crippen LogP contribution in [0.15, 0.2) is 54.6 Å². The van der Waals surface area contributed by atoms with Gasteiger partial charge in [0.1, 0.15) is 5.75 Å². The summed E-state index contributed by atoms with van der Waals surface area (Å²) in [6, 6.07) is 16.0. The summed E-state index contributed by atoms with van der Waals surface area (Å²) in [6.45, 7) is 1.37. The molecule has 1 N–H and O–H groups in total. The van der Waals surface area contributed by atoms with E-state index in [0.717, 1.165) is 25.0 Å². The molecule has 1 atom stereocenters. The first-order chi connectivity index (χ1) is 13.9. The molecule has 7 nitrogen and oxygen atoms in total. The Morgan fingerprint density at radius 1 is 1.17 bits per heavy atom. The Bertz CT molecular complexity index is 894. The summed E-state index contributed by atoms with van der Waals surface area (Å²) in [5, 5.41) is 2.80. The zero-order valence-corrected chi connectivity index (χ0v) is 17.2. The number of benzene rings is 2. The highest BCUT2D eigenvalue weighted by Gasteiger charge is 2.18. The largest absolute Gasteiger partial charge is 0.484 e. The Morgan fingerprint density at radius 3 is 2.52 bits per heavy atom. The SMILES string of the molecule is CS(=O)(=O)N(Cc1ccccc1)c1ccc(OCC(=O)NC[C@@H]2CCCO2)cc1. The van der Waals surface area contributed by atoms with E-state index in [1.54, 1.807) is 24.3 Å². The summed E-state index contributed by atoms with van der Waals surface area (Å²) in [6.07, 6.45) is 3.25. The minimum Gasteiger partial charge on any atom is -0.484 e. The van der Waals surface area contributed by atoms with Crippen LogP contribution in [0, 0.1) is 0 Å². The molecule has 1 heterocycles. The molecule has 2 aromatic carbocycles. The Hall–Kier alpha value is -2.58. The second-order valence-corrected chi connectivity index (χ2v) is 8.88. The molecule has 0 unspecified atom stereocenters. The number of anilines is 1. The number of nitrogens with one attached hydrogen (secondary N) is 1. The molecule has 8 heteroatoms. The maximum Gasteiger partial charge on any atom is 0.258 e. The smallest absolute Gasteiger partial charge is 0.258 e. The van der Waals surface area contributed by atoms with Crippen molar-refractivity contribution in [2.24, 2.45) is 0 Å². The first-order valence-electron chi connectivity index (χ1n) is 9.54. The van der Waals surface area contributed by atoms with Gasteiger partial charge in [0.05, 0.1) is 24.6 Å². The highest BCUT2D eigenvalue weighted by atomic mass is 32.2. The molecule has 0 aliphatic carbocycles. The first kappa shape index (κ1) is 21.1. The van der Waals surface area contributed by atoms with Gasteiger partial charge in [0.25, 0.3) is 5.91 Å². The van der Waals surface area contributed by atoms with Crippen molar-refractivity contribution in [1.29, 1.82) is 0 Å². The average Bonchev–Trinajstić information content (AvgIpc) is 3.23. The number of carbonyl (C=O) groups is 1. The van der Waals surface area contributed by atoms with Crippen LogP contribution in [0.5, 0.6) is 5.75 Å². The molecule has 156 valence electrons. The predicted molar refractivity (Wildman–Crippen MR) is 111 cm³/mol. The quantitative estimate of drug-likeness (QED) is 0.676. The molecule has 3 rings (SSSR count). The van der Waals surface area contributed by atoms with E-state index in [2.05, 4.69) is 5.32 Å². The van der Waals surface area contributed by atoms with Crippen LogP contribution in [-0.4, -0.2) is 46.4 Å². The molecule has 29 heavy (non-hydrogen) atoms. The molecule has 1 aliphatic rings. The van der Waals surface area contributed by atoms with Crippen LogP contribution in [-0.2, 0) is 26.1 Å². The van der Waals surface area contributed by atoms with Crippen molar-refractivity contribution in [2.75, 3.05) is 30.3 Å². The molecule has 1 aliphatic heterocycles. The van der Waals surface area contributed by atoms with Crippen LogP contribution in [0.3, 0.4) is 0 Å². The summed E-state index contributed by atoms with van der Waals surface area (Å²) < 4.78 is 36.8. The zero-order valence-electron chi connectivity index (χ0n) is 16.4. The maximum atomic E-state index is 12.2. The molecule has 0 aromatic heterocycles. The fourth-order valence-corrected chi connectivity index (χ4v) is 3.98. The van der Waals surface area contributed by atoms with E-state index < -0.39 is 10.0 Å². The number of ether oxygens (including phenoxy) is 2. The fraction of sp³-hybridized carbons (Fsp3) is 0.381. The van der Waals surface area contributed by atoms with Gasteiger partial charge in [-0.2, -0.15) is 0 Å². The average molecular weight is 419 g/mol. The zero-order chi connectivity index (χ0) is 20.7. The van der Waals surface area contributed by atoms with Gasteiger partial charge in [0.15, 0.2) is 6.61 Å². The van der Waals surface area contributed by atoms with Gasteiger partial charge in [0, 0.05) is 13.2 Å². The lowest BCUT2D eigenvalue weighted by Gasteiger charge is -2.22. The van der Waals surface area contributed by atoms with Crippen LogP contribution < -0.4 is 14.4 Å². The lowest BCUT2D eigenvalue weighted by molar-refractivity contribution is -0.123. The highest BCUT2D eigenvalue weighted by Crippen LogP contribution is 2.23. The fourth-order valence-electron chi connectivity index (χ4n) is 3.09. The van der Waals surface area contributed by atoms with E-state index in [-0.39, 0.29) is 25.2 Å². The second-order valence-electron chi connectivity index (χ2n) is 6.98. The Labute approximate surface area is 171 Å². The third-order valence-corrected chi connectivity index (χ3v) is 5.76. The molecule has 0 bridgehead atoms. The van der Waals surface area contributed by atoms with Crippen LogP contribution in [0.2, 0.25) is 0 Å². The van der Waals surface area contributed by atoms with Crippen molar-refractivity contribution in [3.63, 3.8) is 0 Å². The molecule has 0 spiro atoms. The van der Waals surface area contributed by atoms with Gasteiger partial charge in [-0.25, -0.2) is 8.42 Å². The van der Waals surface area contributed by atoms with E-state index >= 15 is 0 Å². The first-order valence-corrected chi connectivity index (χ1v) is 11.4. The summed E-state index contributed by atoms with van der Waals surface area (Å²) in [7, 11) is -3.45. The number of hydrogen-bond donors (Lipinski definition) is 1. The number of nitrogens with zero attached hydrogens (tertiary/aromatic N) is 1. The van der Waals surface area contributed by atoms with Gasteiger partial charge < -0.3 is 14.8 Å². The Morgan fingerprint density at radius 2 is 1.90 bits per heavy atom. The van der Waals surface area contributed by atoms with Gasteiger partial charge >= 0.3 is 0 Å². The van der Waals surface area contributed by atoms with E-state index in [1.807, 2.05) is 30.3 Å². The molecule has 2 aromatic rings. The predicted octanol–water partition coefficient (Wildman–Crippen LogP) is 2.33. The van der Waals surface area contributed by atoms with Crippen LogP contribution in [0.4, 0.5) is 5.69 Å². The van der Waals surface area contributed by atoms with Crippen molar-refractivity contribution in [3.8, 4) is 5.75 Å². The lowest BCUT2D eigenvalue weighted by Crippen LogP contribution is -2.35. The van der Waals surface area contributed by atoms with Crippen molar-refractivity contribution < 1.29 is 22.7 Å². The van der Waals surface area contributed by atoms with Crippen molar-refractivity contribution in [3.05, 3.63) is 60.2 Å². The Kier molecular flexibility index (Phi) is 7.11. The van der Waals surface area contributed by atoms with Gasteiger partial charge in [-0.15, -0.1) is 0 Å². The molecule has 1 fully saturated rings. The van der Waals surface area contributed by atoms with Crippen LogP contribution in [0.25, 0.3) is 0 Å². The Balaban J connectivity index is 1.56. The minimum absolute atomic E-state index is 0.0878. The van der Waals surface area contributed by atoms with E-state index in [4.69, 9.17) is 9.47 Å². The summed E-state index contributed by atoms with van der Waals surface area (Å²) >= 11 is 0. The van der Waals surface area contributed by atoms with Crippen LogP contribution >= 0.6 is 0 Å². The number of hydrogen-bond acceptors (Lipinski definition) is 5. The van der Waals surface area contributed by atoms with Gasteiger partial charge in [-0.3, -0.25) is 9.10 Å². The van der Waals surface area contributed by atoms with Crippen LogP contribution in [0.1, 0.15) is 18.4 Å². The van der Waals surface area contributed by atoms with E-state index in [9.17, 15) is 13.2 Å². The number of carbonyl (C=O) groups excluding carboxylic acids is 1. The topological polar surface area (TPSA) is 84.9 Å². The van der Waals surface area contributed by atoms with Crippen molar-refractivity contribution in [2.45, 2.75) is 25.5 Å². The molecule has 0 saturated carbocycles. The van der Waals surface area contributed by atoms with Crippen molar-refractivity contribution >= 4 is 21.6 Å². The molecular formula is C21H26N2O5S. The second kappa shape index (κ2) is 9.76. The number of sulfonamides is 1. The van der Waals surface area contributed by atoms with Crippen molar-refractivity contribution in [1.82, 2.24) is 5.32 Å². The molecule has 0 radical (unpaired) electrons. The standard InChI is InChI=1S/C21H26N2O5S/c1-29(25,26)23(15-17-6-3-2-4-7-17)18-9-11-19(12-10-18)28-16-21(24)22-14-20-8-5-13-27-20/h2-4,6-7,9-12,20H,5,8,13-16H2,1H3,(H,22,24)/t20-/m0/s1. The third-order valence-electron chi connectivity index (χ3n) is 4.61. The summed E-state index contributed by atoms with van der Waals surface area (Å²) in [4.78, 5) is 11.9. The molecule has 1 saturated heterocycles. The molecule has 1 amide bonds. The minimum atomic E-state index is -3.45. The lowest BCUT2D eigenvalue weighted by atomic mass is 10.2. The van der Waals surface area contributed by atoms with Gasteiger partial charge in [-0.05, 0) is 42.7 Å². The van der Waals surface area contributed by atoms with Gasteiger partial charge in [-0.1, -0.05) is 30.3 Å². The third kappa shape index (κ3) is 6.47. The molecular weight excluding hydrogens is 392 g/mol. The summed E-state index contributed by atoms with van der Waals surface area (Å²) in [5.74, 6) is 0.278.